The first-order valence-corrected chi connectivity index (χ1v) is 8.88. The number of amides is 1. The highest BCUT2D eigenvalue weighted by atomic mass is 16.5. The number of furan rings is 1. The molecule has 2 aromatic carbocycles. The Morgan fingerprint density at radius 1 is 1.12 bits per heavy atom. The lowest BCUT2D eigenvalue weighted by atomic mass is 10.1. The first-order chi connectivity index (χ1) is 12.8. The smallest absolute Gasteiger partial charge is 0.287 e. The maximum atomic E-state index is 12.1. The fraction of sp³-hybridized carbons (Fsp3) is 0.286. The molecule has 134 valence electrons. The summed E-state index contributed by atoms with van der Waals surface area (Å²) in [5.41, 5.74) is 0. The van der Waals surface area contributed by atoms with Crippen molar-refractivity contribution in [3.8, 4) is 5.75 Å². The minimum atomic E-state index is -0.225. The molecule has 1 atom stereocenters. The van der Waals surface area contributed by atoms with E-state index in [4.69, 9.17) is 13.9 Å². The van der Waals surface area contributed by atoms with E-state index in [2.05, 4.69) is 11.4 Å². The summed E-state index contributed by atoms with van der Waals surface area (Å²) in [6.07, 6.45) is 2.16. The number of hydrogen-bond acceptors (Lipinski definition) is 4. The van der Waals surface area contributed by atoms with Crippen LogP contribution in [0.5, 0.6) is 5.75 Å². The molecule has 2 heterocycles. The van der Waals surface area contributed by atoms with E-state index in [0.717, 1.165) is 30.6 Å². The zero-order valence-electron chi connectivity index (χ0n) is 14.4. The van der Waals surface area contributed by atoms with Crippen LogP contribution in [-0.4, -0.2) is 25.2 Å². The molecule has 0 saturated carbocycles. The molecule has 1 amide bonds. The van der Waals surface area contributed by atoms with Crippen LogP contribution in [0, 0.1) is 0 Å². The van der Waals surface area contributed by atoms with Gasteiger partial charge in [0, 0.05) is 13.2 Å². The lowest BCUT2D eigenvalue weighted by molar-refractivity contribution is 0.0832. The Balaban J connectivity index is 1.33. The van der Waals surface area contributed by atoms with Gasteiger partial charge in [-0.1, -0.05) is 30.3 Å². The van der Waals surface area contributed by atoms with Crippen molar-refractivity contribution in [3.05, 3.63) is 66.1 Å². The van der Waals surface area contributed by atoms with E-state index in [0.29, 0.717) is 18.1 Å². The highest BCUT2D eigenvalue weighted by Gasteiger charge is 2.18. The number of benzene rings is 2. The zero-order chi connectivity index (χ0) is 17.8. The predicted molar refractivity (Wildman–Crippen MR) is 98.3 cm³/mol. The molecule has 26 heavy (non-hydrogen) atoms. The highest BCUT2D eigenvalue weighted by molar-refractivity contribution is 5.91. The number of fused-ring (bicyclic) bond motifs is 1. The third-order valence-electron chi connectivity index (χ3n) is 4.50. The first kappa shape index (κ1) is 16.7. The summed E-state index contributed by atoms with van der Waals surface area (Å²) in [5, 5.41) is 5.14. The Hall–Kier alpha value is -2.79. The number of nitrogens with one attached hydrogen (secondary N) is 1. The molecule has 1 aliphatic rings. The summed E-state index contributed by atoms with van der Waals surface area (Å²) in [7, 11) is 0. The summed E-state index contributed by atoms with van der Waals surface area (Å²) >= 11 is 0. The van der Waals surface area contributed by atoms with E-state index in [1.807, 2.05) is 36.4 Å². The van der Waals surface area contributed by atoms with E-state index < -0.39 is 0 Å². The molecule has 5 nitrogen and oxygen atoms in total. The average Bonchev–Trinajstić information content (AvgIpc) is 3.36. The minimum absolute atomic E-state index is 0.115. The lowest BCUT2D eigenvalue weighted by Crippen LogP contribution is -2.31. The van der Waals surface area contributed by atoms with Gasteiger partial charge in [0.2, 0.25) is 0 Å². The van der Waals surface area contributed by atoms with Crippen LogP contribution in [0.2, 0.25) is 0 Å². The van der Waals surface area contributed by atoms with Crippen molar-refractivity contribution in [2.75, 3.05) is 13.2 Å². The van der Waals surface area contributed by atoms with Crippen LogP contribution in [0.3, 0.4) is 0 Å². The van der Waals surface area contributed by atoms with Gasteiger partial charge in [-0.3, -0.25) is 4.79 Å². The molecule has 3 aromatic rings. The van der Waals surface area contributed by atoms with Crippen molar-refractivity contribution in [3.63, 3.8) is 0 Å². The summed E-state index contributed by atoms with van der Waals surface area (Å²) in [6.45, 7) is 1.57. The Morgan fingerprint density at radius 3 is 2.85 bits per heavy atom. The number of carbonyl (C=O) groups is 1. The number of ether oxygens (including phenoxy) is 2. The zero-order valence-corrected chi connectivity index (χ0v) is 14.4. The van der Waals surface area contributed by atoms with Crippen LogP contribution in [0.25, 0.3) is 10.8 Å². The maximum Gasteiger partial charge on any atom is 0.287 e. The largest absolute Gasteiger partial charge is 0.486 e. The quantitative estimate of drug-likeness (QED) is 0.731. The van der Waals surface area contributed by atoms with Gasteiger partial charge in [-0.2, -0.15) is 0 Å². The molecule has 1 N–H and O–H groups in total. The molecule has 1 saturated heterocycles. The predicted octanol–water partition coefficient (Wildman–Crippen LogP) is 3.92. The van der Waals surface area contributed by atoms with Crippen molar-refractivity contribution >= 4 is 16.7 Å². The maximum absolute atomic E-state index is 12.1. The molecular weight excluding hydrogens is 330 g/mol. The SMILES string of the molecule is O=C(NC[C@@H]1CCCO1)c1ccc(COc2ccc3ccccc3c2)o1. The van der Waals surface area contributed by atoms with Gasteiger partial charge in [-0.15, -0.1) is 0 Å². The van der Waals surface area contributed by atoms with Gasteiger partial charge in [-0.05, 0) is 47.9 Å². The van der Waals surface area contributed by atoms with Gasteiger partial charge in [-0.25, -0.2) is 0 Å². The second kappa shape index (κ2) is 7.62. The summed E-state index contributed by atoms with van der Waals surface area (Å²) in [5.74, 6) is 1.45. The molecular formula is C21H21NO4. The van der Waals surface area contributed by atoms with E-state index in [-0.39, 0.29) is 18.6 Å². The summed E-state index contributed by atoms with van der Waals surface area (Å²) < 4.78 is 16.9. The molecule has 1 fully saturated rings. The van der Waals surface area contributed by atoms with Gasteiger partial charge < -0.3 is 19.2 Å². The number of hydrogen-bond donors (Lipinski definition) is 1. The van der Waals surface area contributed by atoms with Crippen LogP contribution < -0.4 is 10.1 Å². The van der Waals surface area contributed by atoms with Crippen LogP contribution in [-0.2, 0) is 11.3 Å². The topological polar surface area (TPSA) is 60.7 Å². The van der Waals surface area contributed by atoms with Crippen LogP contribution in [0.15, 0.2) is 59.0 Å². The second-order valence-corrected chi connectivity index (χ2v) is 6.41. The number of rotatable bonds is 6. The van der Waals surface area contributed by atoms with Crippen LogP contribution in [0.1, 0.15) is 29.2 Å². The Labute approximate surface area is 151 Å². The van der Waals surface area contributed by atoms with E-state index >= 15 is 0 Å². The Morgan fingerprint density at radius 2 is 2.00 bits per heavy atom. The average molecular weight is 351 g/mol. The van der Waals surface area contributed by atoms with E-state index in [1.165, 1.54) is 5.39 Å². The fourth-order valence-corrected chi connectivity index (χ4v) is 3.09. The second-order valence-electron chi connectivity index (χ2n) is 6.41. The normalized spacial score (nSPS) is 16.7. The number of carbonyl (C=O) groups excluding carboxylic acids is 1. The first-order valence-electron chi connectivity index (χ1n) is 8.88. The van der Waals surface area contributed by atoms with Crippen LogP contribution >= 0.6 is 0 Å². The standard InChI is InChI=1S/C21H21NO4/c23-21(22-13-18-6-3-11-24-18)20-10-9-19(26-20)14-25-17-8-7-15-4-1-2-5-16(15)12-17/h1-2,4-5,7-10,12,18H,3,6,11,13-14H2,(H,22,23)/t18-/m0/s1. The van der Waals surface area contributed by atoms with Crippen molar-refractivity contribution in [2.24, 2.45) is 0 Å². The molecule has 0 spiro atoms. The molecule has 0 bridgehead atoms. The van der Waals surface area contributed by atoms with Crippen molar-refractivity contribution in [1.29, 1.82) is 0 Å². The Kier molecular flexibility index (Phi) is 4.88. The molecule has 1 aromatic heterocycles. The third kappa shape index (κ3) is 3.89. The van der Waals surface area contributed by atoms with Gasteiger partial charge >= 0.3 is 0 Å². The molecule has 0 aliphatic carbocycles. The van der Waals surface area contributed by atoms with Crippen molar-refractivity contribution in [1.82, 2.24) is 5.32 Å². The van der Waals surface area contributed by atoms with Gasteiger partial charge in [0.15, 0.2) is 5.76 Å². The molecule has 1 aliphatic heterocycles. The summed E-state index contributed by atoms with van der Waals surface area (Å²) in [6, 6.07) is 17.5. The van der Waals surface area contributed by atoms with Gasteiger partial charge in [0.25, 0.3) is 5.91 Å². The highest BCUT2D eigenvalue weighted by Crippen LogP contribution is 2.21. The summed E-state index contributed by atoms with van der Waals surface area (Å²) in [4.78, 5) is 12.1. The van der Waals surface area contributed by atoms with E-state index in [1.54, 1.807) is 12.1 Å². The van der Waals surface area contributed by atoms with Crippen molar-refractivity contribution < 1.29 is 18.7 Å². The minimum Gasteiger partial charge on any atom is -0.486 e. The van der Waals surface area contributed by atoms with Crippen molar-refractivity contribution in [2.45, 2.75) is 25.6 Å². The molecule has 0 unspecified atom stereocenters. The van der Waals surface area contributed by atoms with Gasteiger partial charge in [0.05, 0.1) is 6.10 Å². The molecule has 5 heteroatoms. The lowest BCUT2D eigenvalue weighted by Gasteiger charge is -2.09. The fourth-order valence-electron chi connectivity index (χ4n) is 3.09. The Bertz CT molecular complexity index is 896. The van der Waals surface area contributed by atoms with Crippen LogP contribution in [0.4, 0.5) is 0 Å². The van der Waals surface area contributed by atoms with E-state index in [9.17, 15) is 4.79 Å². The molecule has 0 radical (unpaired) electrons. The third-order valence-corrected chi connectivity index (χ3v) is 4.50. The molecule has 4 rings (SSSR count). The van der Waals surface area contributed by atoms with Gasteiger partial charge in [0.1, 0.15) is 18.1 Å². The monoisotopic (exact) mass is 351 g/mol.